The van der Waals surface area contributed by atoms with Crippen molar-refractivity contribution in [2.75, 3.05) is 7.11 Å². The van der Waals surface area contributed by atoms with Crippen molar-refractivity contribution in [1.29, 1.82) is 0 Å². The van der Waals surface area contributed by atoms with E-state index >= 15 is 0 Å². The minimum Gasteiger partial charge on any atom is -0.496 e. The second-order valence-corrected chi connectivity index (χ2v) is 4.91. The second-order valence-electron chi connectivity index (χ2n) is 4.47. The molecule has 0 unspecified atom stereocenters. The molecule has 2 aromatic carbocycles. The summed E-state index contributed by atoms with van der Waals surface area (Å²) >= 11 is 5.86. The Hall–Kier alpha value is -1.73. The maximum atomic E-state index is 5.86. The quantitative estimate of drug-likeness (QED) is 0.768. The number of allylic oxidation sites excluding steroid dienone is 1. The fourth-order valence-electron chi connectivity index (χ4n) is 1.92. The smallest absolute Gasteiger partial charge is 0.122 e. The van der Waals surface area contributed by atoms with Gasteiger partial charge in [0.25, 0.3) is 0 Å². The maximum Gasteiger partial charge on any atom is 0.122 e. The van der Waals surface area contributed by atoms with Crippen LogP contribution in [0.4, 0.5) is 0 Å². The van der Waals surface area contributed by atoms with Gasteiger partial charge in [-0.2, -0.15) is 0 Å². The van der Waals surface area contributed by atoms with Gasteiger partial charge >= 0.3 is 0 Å². The van der Waals surface area contributed by atoms with Crippen molar-refractivity contribution >= 4 is 17.7 Å². The van der Waals surface area contributed by atoms with Gasteiger partial charge in [-0.25, -0.2) is 0 Å². The van der Waals surface area contributed by atoms with Gasteiger partial charge in [0.2, 0.25) is 0 Å². The summed E-state index contributed by atoms with van der Waals surface area (Å²) < 4.78 is 5.39. The summed E-state index contributed by atoms with van der Waals surface area (Å²) in [5, 5.41) is 0.761. The summed E-state index contributed by atoms with van der Waals surface area (Å²) in [5.41, 5.74) is 3.55. The molecule has 1 nitrogen and oxygen atoms in total. The molecule has 0 bridgehead atoms. The Bertz CT molecular complexity index is 570. The van der Waals surface area contributed by atoms with E-state index in [1.807, 2.05) is 24.3 Å². The van der Waals surface area contributed by atoms with Gasteiger partial charge in [-0.1, -0.05) is 48.0 Å². The van der Waals surface area contributed by atoms with Crippen LogP contribution in [0.15, 0.2) is 48.5 Å². The van der Waals surface area contributed by atoms with Crippen LogP contribution in [0.1, 0.15) is 16.7 Å². The van der Waals surface area contributed by atoms with Crippen LogP contribution in [0.25, 0.3) is 6.08 Å². The third-order valence-corrected chi connectivity index (χ3v) is 3.21. The summed E-state index contributed by atoms with van der Waals surface area (Å²) in [6.07, 6.45) is 5.08. The van der Waals surface area contributed by atoms with Crippen LogP contribution in [-0.2, 0) is 6.42 Å². The molecule has 0 aliphatic carbocycles. The molecule has 0 aromatic heterocycles. The molecule has 98 valence electrons. The molecule has 2 rings (SSSR count). The Balaban J connectivity index is 2.08. The van der Waals surface area contributed by atoms with Gasteiger partial charge in [-0.3, -0.25) is 0 Å². The topological polar surface area (TPSA) is 9.23 Å². The number of methoxy groups -OCH3 is 1. The van der Waals surface area contributed by atoms with Crippen molar-refractivity contribution in [1.82, 2.24) is 0 Å². The zero-order chi connectivity index (χ0) is 13.7. The summed E-state index contributed by atoms with van der Waals surface area (Å²) in [6, 6.07) is 14.1. The molecule has 2 aromatic rings. The molecule has 0 saturated carbocycles. The van der Waals surface area contributed by atoms with Crippen LogP contribution in [-0.4, -0.2) is 7.11 Å². The van der Waals surface area contributed by atoms with Crippen molar-refractivity contribution in [3.63, 3.8) is 0 Å². The van der Waals surface area contributed by atoms with Gasteiger partial charge < -0.3 is 4.74 Å². The first-order valence-corrected chi connectivity index (χ1v) is 6.62. The number of hydrogen-bond acceptors (Lipinski definition) is 1. The zero-order valence-electron chi connectivity index (χ0n) is 11.2. The van der Waals surface area contributed by atoms with E-state index in [2.05, 4.69) is 37.3 Å². The number of benzene rings is 2. The fourth-order valence-corrected chi connectivity index (χ4v) is 2.04. The van der Waals surface area contributed by atoms with Gasteiger partial charge in [0.1, 0.15) is 5.75 Å². The number of hydrogen-bond donors (Lipinski definition) is 0. The Morgan fingerprint density at radius 3 is 2.53 bits per heavy atom. The highest BCUT2D eigenvalue weighted by Gasteiger charge is 2.00. The summed E-state index contributed by atoms with van der Waals surface area (Å²) in [4.78, 5) is 0. The molecule has 0 N–H and O–H groups in total. The average Bonchev–Trinajstić information content (AvgIpc) is 2.42. The third-order valence-electron chi connectivity index (χ3n) is 2.96. The fraction of sp³-hybridized carbons (Fsp3) is 0.176. The van der Waals surface area contributed by atoms with Crippen molar-refractivity contribution in [2.24, 2.45) is 0 Å². The highest BCUT2D eigenvalue weighted by Crippen LogP contribution is 2.21. The van der Waals surface area contributed by atoms with Crippen molar-refractivity contribution in [3.8, 4) is 5.75 Å². The third kappa shape index (κ3) is 3.87. The predicted molar refractivity (Wildman–Crippen MR) is 81.9 cm³/mol. The van der Waals surface area contributed by atoms with Crippen molar-refractivity contribution in [2.45, 2.75) is 13.3 Å². The molecule has 19 heavy (non-hydrogen) atoms. The van der Waals surface area contributed by atoms with Crippen LogP contribution >= 0.6 is 11.6 Å². The zero-order valence-corrected chi connectivity index (χ0v) is 11.9. The van der Waals surface area contributed by atoms with Gasteiger partial charge in [0.15, 0.2) is 0 Å². The lowest BCUT2D eigenvalue weighted by atomic mass is 10.1. The molecule has 0 aliphatic heterocycles. The molecule has 0 amide bonds. The van der Waals surface area contributed by atoms with Gasteiger partial charge in [-0.15, -0.1) is 0 Å². The lowest BCUT2D eigenvalue weighted by molar-refractivity contribution is 0.410. The first-order valence-electron chi connectivity index (χ1n) is 6.24. The number of ether oxygens (including phenoxy) is 1. The number of rotatable bonds is 4. The largest absolute Gasteiger partial charge is 0.496 e. The first kappa shape index (κ1) is 13.7. The maximum absolute atomic E-state index is 5.86. The minimum atomic E-state index is 0.761. The van der Waals surface area contributed by atoms with Crippen LogP contribution in [0.5, 0.6) is 5.75 Å². The standard InChI is InChI=1S/C17H17ClO/c1-13-6-9-15(17(12-13)19-2)5-3-4-14-7-10-16(18)11-8-14/h3-4,6-12H,5H2,1-2H3/b4-3-. The molecule has 0 heterocycles. The van der Waals surface area contributed by atoms with Gasteiger partial charge in [0.05, 0.1) is 7.11 Å². The van der Waals surface area contributed by atoms with E-state index in [0.29, 0.717) is 0 Å². The molecule has 0 spiro atoms. The van der Waals surface area contributed by atoms with E-state index in [0.717, 1.165) is 22.8 Å². The number of halogens is 1. The van der Waals surface area contributed by atoms with Crippen molar-refractivity contribution < 1.29 is 4.74 Å². The van der Waals surface area contributed by atoms with E-state index in [9.17, 15) is 0 Å². The van der Waals surface area contributed by atoms with E-state index in [4.69, 9.17) is 16.3 Å². The van der Waals surface area contributed by atoms with E-state index in [-0.39, 0.29) is 0 Å². The van der Waals surface area contributed by atoms with Gasteiger partial charge in [0, 0.05) is 5.02 Å². The van der Waals surface area contributed by atoms with Gasteiger partial charge in [-0.05, 0) is 48.2 Å². The lowest BCUT2D eigenvalue weighted by Gasteiger charge is -2.07. The van der Waals surface area contributed by atoms with E-state index in [1.165, 1.54) is 11.1 Å². The Morgan fingerprint density at radius 1 is 1.11 bits per heavy atom. The Kier molecular flexibility index (Phi) is 4.64. The van der Waals surface area contributed by atoms with Crippen LogP contribution < -0.4 is 4.74 Å². The van der Waals surface area contributed by atoms with E-state index < -0.39 is 0 Å². The molecule has 0 saturated heterocycles. The minimum absolute atomic E-state index is 0.761. The molecule has 0 atom stereocenters. The van der Waals surface area contributed by atoms with Crippen LogP contribution in [0, 0.1) is 6.92 Å². The first-order chi connectivity index (χ1) is 9.19. The predicted octanol–water partition coefficient (Wildman–Crippen LogP) is 4.91. The summed E-state index contributed by atoms with van der Waals surface area (Å²) in [7, 11) is 1.71. The summed E-state index contributed by atoms with van der Waals surface area (Å²) in [5.74, 6) is 0.945. The second kappa shape index (κ2) is 6.44. The summed E-state index contributed by atoms with van der Waals surface area (Å²) in [6.45, 7) is 2.07. The monoisotopic (exact) mass is 272 g/mol. The SMILES string of the molecule is COc1cc(C)ccc1C/C=C\c1ccc(Cl)cc1. The molecule has 0 aliphatic rings. The average molecular weight is 273 g/mol. The molecule has 0 radical (unpaired) electrons. The van der Waals surface area contributed by atoms with Crippen LogP contribution in [0.2, 0.25) is 5.02 Å². The Labute approximate surface area is 119 Å². The van der Waals surface area contributed by atoms with E-state index in [1.54, 1.807) is 7.11 Å². The molecule has 2 heteroatoms. The Morgan fingerprint density at radius 2 is 1.84 bits per heavy atom. The molecular weight excluding hydrogens is 256 g/mol. The molecular formula is C17H17ClO. The highest BCUT2D eigenvalue weighted by atomic mass is 35.5. The normalized spacial score (nSPS) is 10.9. The lowest BCUT2D eigenvalue weighted by Crippen LogP contribution is -1.91. The highest BCUT2D eigenvalue weighted by molar-refractivity contribution is 6.30. The molecule has 0 fully saturated rings. The number of aryl methyl sites for hydroxylation is 1. The van der Waals surface area contributed by atoms with Crippen LogP contribution in [0.3, 0.4) is 0 Å². The van der Waals surface area contributed by atoms with Crippen molar-refractivity contribution in [3.05, 3.63) is 70.3 Å².